The topological polar surface area (TPSA) is 89.0 Å². The van der Waals surface area contributed by atoms with Crippen LogP contribution in [0, 0.1) is 19.3 Å². The number of nitrogens with one attached hydrogen (secondary N) is 2. The number of rotatable bonds is 10. The van der Waals surface area contributed by atoms with Crippen molar-refractivity contribution < 1.29 is 19.1 Å². The number of carbonyl (C=O) groups is 2. The molecule has 0 saturated carbocycles. The van der Waals surface area contributed by atoms with Crippen LogP contribution in [0.3, 0.4) is 0 Å². The van der Waals surface area contributed by atoms with Gasteiger partial charge in [0.05, 0.1) is 12.8 Å². The van der Waals surface area contributed by atoms with Gasteiger partial charge in [0.1, 0.15) is 6.61 Å². The molecule has 0 unspecified atom stereocenters. The van der Waals surface area contributed by atoms with Crippen LogP contribution in [0.15, 0.2) is 41.5 Å². The van der Waals surface area contributed by atoms with Gasteiger partial charge in [0, 0.05) is 23.6 Å². The summed E-state index contributed by atoms with van der Waals surface area (Å²) in [7, 11) is 0. The van der Waals surface area contributed by atoms with E-state index in [1.807, 2.05) is 19.9 Å². The zero-order valence-corrected chi connectivity index (χ0v) is 18.2. The number of ether oxygens (including phenoxy) is 2. The number of benzene rings is 2. The second-order valence-corrected chi connectivity index (χ2v) is 6.84. The van der Waals surface area contributed by atoms with Crippen molar-refractivity contribution in [2.75, 3.05) is 18.5 Å². The first-order chi connectivity index (χ1) is 14.9. The highest BCUT2D eigenvalue weighted by Gasteiger charge is 2.08. The highest BCUT2D eigenvalue weighted by molar-refractivity contribution is 6.31. The van der Waals surface area contributed by atoms with Crippen LogP contribution >= 0.6 is 11.6 Å². The first-order valence-corrected chi connectivity index (χ1v) is 10.0. The Labute approximate surface area is 186 Å². The maximum Gasteiger partial charge on any atom is 0.240 e. The lowest BCUT2D eigenvalue weighted by atomic mass is 10.2. The molecule has 0 heterocycles. The molecule has 0 aliphatic rings. The third-order valence-corrected chi connectivity index (χ3v) is 4.42. The minimum atomic E-state index is -0.382. The molecule has 0 bridgehead atoms. The molecule has 0 aliphatic heterocycles. The molecule has 0 saturated heterocycles. The Morgan fingerprint density at radius 2 is 1.90 bits per heavy atom. The summed E-state index contributed by atoms with van der Waals surface area (Å²) in [6.07, 6.45) is 6.69. The van der Waals surface area contributed by atoms with E-state index in [0.717, 1.165) is 5.56 Å². The summed E-state index contributed by atoms with van der Waals surface area (Å²) in [4.78, 5) is 23.9. The number of hydrogen-bond donors (Lipinski definition) is 2. The van der Waals surface area contributed by atoms with E-state index in [2.05, 4.69) is 21.8 Å². The van der Waals surface area contributed by atoms with Gasteiger partial charge >= 0.3 is 0 Å². The predicted molar refractivity (Wildman–Crippen MR) is 122 cm³/mol. The van der Waals surface area contributed by atoms with E-state index in [9.17, 15) is 9.59 Å². The van der Waals surface area contributed by atoms with Gasteiger partial charge in [0.2, 0.25) is 11.8 Å². The van der Waals surface area contributed by atoms with Crippen molar-refractivity contribution in [1.29, 1.82) is 0 Å². The fraction of sp³-hybridized carbons (Fsp3) is 0.261. The van der Waals surface area contributed by atoms with E-state index < -0.39 is 0 Å². The summed E-state index contributed by atoms with van der Waals surface area (Å²) in [5.41, 5.74) is 4.60. The van der Waals surface area contributed by atoms with Crippen LogP contribution < -0.4 is 20.2 Å². The summed E-state index contributed by atoms with van der Waals surface area (Å²) in [5.74, 6) is 2.79. The fourth-order valence-corrected chi connectivity index (χ4v) is 2.65. The molecule has 0 radical (unpaired) electrons. The zero-order valence-electron chi connectivity index (χ0n) is 17.4. The zero-order chi connectivity index (χ0) is 22.6. The van der Waals surface area contributed by atoms with E-state index in [-0.39, 0.29) is 31.3 Å². The van der Waals surface area contributed by atoms with Crippen molar-refractivity contribution >= 4 is 35.3 Å². The molecule has 0 fully saturated rings. The van der Waals surface area contributed by atoms with E-state index in [4.69, 9.17) is 27.5 Å². The molecule has 0 atom stereocenters. The van der Waals surface area contributed by atoms with E-state index in [1.165, 1.54) is 6.21 Å². The maximum atomic E-state index is 12.0. The fourth-order valence-electron chi connectivity index (χ4n) is 2.47. The summed E-state index contributed by atoms with van der Waals surface area (Å²) in [6, 6.07) is 10.4. The Balaban J connectivity index is 1.83. The summed E-state index contributed by atoms with van der Waals surface area (Å²) < 4.78 is 11.0. The molecule has 8 heteroatoms. The van der Waals surface area contributed by atoms with Crippen molar-refractivity contribution in [3.63, 3.8) is 0 Å². The van der Waals surface area contributed by atoms with Gasteiger partial charge < -0.3 is 14.8 Å². The molecule has 2 aromatic carbocycles. The number of terminal acetylenes is 1. The highest BCUT2D eigenvalue weighted by atomic mass is 35.5. The van der Waals surface area contributed by atoms with Gasteiger partial charge in [-0.25, -0.2) is 5.43 Å². The lowest BCUT2D eigenvalue weighted by molar-refractivity contribution is -0.124. The standard InChI is InChI=1S/C23H24ClN3O4/c1-4-12-31-20-9-7-17(13-21(20)30-5-2)15-25-27-23(29)11-10-22(28)26-18-8-6-16(3)19(24)14-18/h1,6-9,13-15H,5,10-12H2,2-3H3,(H,26,28)(H,27,29). The lowest BCUT2D eigenvalue weighted by Crippen LogP contribution is -2.20. The summed E-state index contributed by atoms with van der Waals surface area (Å²) >= 11 is 6.04. The van der Waals surface area contributed by atoms with Crippen molar-refractivity contribution in [1.82, 2.24) is 5.43 Å². The van der Waals surface area contributed by atoms with Crippen LogP contribution in [0.4, 0.5) is 5.69 Å². The number of amides is 2. The lowest BCUT2D eigenvalue weighted by Gasteiger charge is -2.10. The van der Waals surface area contributed by atoms with E-state index in [0.29, 0.717) is 34.4 Å². The molecule has 7 nitrogen and oxygen atoms in total. The third kappa shape index (κ3) is 8.03. The first kappa shape index (κ1) is 23.8. The van der Waals surface area contributed by atoms with Crippen LogP contribution in [0.5, 0.6) is 11.5 Å². The number of halogens is 1. The van der Waals surface area contributed by atoms with E-state index >= 15 is 0 Å². The molecule has 2 rings (SSSR count). The summed E-state index contributed by atoms with van der Waals surface area (Å²) in [5, 5.41) is 7.18. The molecule has 2 amide bonds. The van der Waals surface area contributed by atoms with Gasteiger partial charge in [0.25, 0.3) is 0 Å². The van der Waals surface area contributed by atoms with Gasteiger partial charge in [-0.3, -0.25) is 9.59 Å². The number of anilines is 1. The molecular weight excluding hydrogens is 418 g/mol. The van der Waals surface area contributed by atoms with E-state index in [1.54, 1.807) is 30.3 Å². The number of hydrogen-bond acceptors (Lipinski definition) is 5. The number of nitrogens with zero attached hydrogens (tertiary/aromatic N) is 1. The second kappa shape index (κ2) is 12.3. The molecule has 162 valence electrons. The monoisotopic (exact) mass is 441 g/mol. The number of carbonyl (C=O) groups excluding carboxylic acids is 2. The van der Waals surface area contributed by atoms with Crippen molar-refractivity contribution in [2.45, 2.75) is 26.7 Å². The van der Waals surface area contributed by atoms with Gasteiger partial charge in [-0.2, -0.15) is 5.10 Å². The average Bonchev–Trinajstić information content (AvgIpc) is 2.74. The van der Waals surface area contributed by atoms with Gasteiger partial charge in [-0.05, 0) is 55.3 Å². The Hall–Kier alpha value is -3.50. The van der Waals surface area contributed by atoms with Crippen LogP contribution in [0.25, 0.3) is 0 Å². The maximum absolute atomic E-state index is 12.0. The van der Waals surface area contributed by atoms with Crippen molar-refractivity contribution in [3.05, 3.63) is 52.5 Å². The third-order valence-electron chi connectivity index (χ3n) is 4.02. The molecule has 2 N–H and O–H groups in total. The number of hydrazone groups is 1. The predicted octanol–water partition coefficient (Wildman–Crippen LogP) is 3.93. The van der Waals surface area contributed by atoms with Gasteiger partial charge in [-0.1, -0.05) is 23.6 Å². The van der Waals surface area contributed by atoms with Crippen LogP contribution in [0.2, 0.25) is 5.02 Å². The highest BCUT2D eigenvalue weighted by Crippen LogP contribution is 2.28. The second-order valence-electron chi connectivity index (χ2n) is 6.44. The molecule has 0 aliphatic carbocycles. The minimum Gasteiger partial charge on any atom is -0.490 e. The molecule has 2 aromatic rings. The molecule has 0 spiro atoms. The van der Waals surface area contributed by atoms with Crippen molar-refractivity contribution in [3.8, 4) is 23.8 Å². The smallest absolute Gasteiger partial charge is 0.240 e. The summed E-state index contributed by atoms with van der Waals surface area (Å²) in [6.45, 7) is 4.32. The molecule has 0 aromatic heterocycles. The van der Waals surface area contributed by atoms with Crippen LogP contribution in [0.1, 0.15) is 30.9 Å². The average molecular weight is 442 g/mol. The quantitative estimate of drug-likeness (QED) is 0.332. The number of aryl methyl sites for hydroxylation is 1. The first-order valence-electron chi connectivity index (χ1n) is 9.64. The van der Waals surface area contributed by atoms with Gasteiger partial charge in [-0.15, -0.1) is 6.42 Å². The Bertz CT molecular complexity index is 999. The Morgan fingerprint density at radius 3 is 2.61 bits per heavy atom. The van der Waals surface area contributed by atoms with Crippen molar-refractivity contribution in [2.24, 2.45) is 5.10 Å². The normalized spacial score (nSPS) is 10.4. The SMILES string of the molecule is C#CCOc1ccc(C=NNC(=O)CCC(=O)Nc2ccc(C)c(Cl)c2)cc1OCC. The molecular formula is C23H24ClN3O4. The Morgan fingerprint density at radius 1 is 1.13 bits per heavy atom. The van der Waals surface area contributed by atoms with Crippen LogP contribution in [-0.4, -0.2) is 31.2 Å². The Kier molecular flexibility index (Phi) is 9.40. The van der Waals surface area contributed by atoms with Crippen LogP contribution in [-0.2, 0) is 9.59 Å². The largest absolute Gasteiger partial charge is 0.490 e. The van der Waals surface area contributed by atoms with Gasteiger partial charge in [0.15, 0.2) is 11.5 Å². The minimum absolute atomic E-state index is 0.00811. The molecule has 31 heavy (non-hydrogen) atoms.